The fourth-order valence-corrected chi connectivity index (χ4v) is 3.36. The first-order valence-electron chi connectivity index (χ1n) is 7.88. The lowest BCUT2D eigenvalue weighted by Crippen LogP contribution is -2.19. The van der Waals surface area contributed by atoms with Crippen LogP contribution in [0.5, 0.6) is 0 Å². The molecule has 1 heterocycles. The molecular weight excluding hydrogens is 461 g/mol. The smallest absolute Gasteiger partial charge is 0.308 e. The van der Waals surface area contributed by atoms with Gasteiger partial charge in [0.25, 0.3) is 0 Å². The van der Waals surface area contributed by atoms with Crippen LogP contribution in [-0.2, 0) is 13.2 Å². The van der Waals surface area contributed by atoms with E-state index in [9.17, 15) is 18.0 Å². The van der Waals surface area contributed by atoms with Crippen molar-refractivity contribution in [3.8, 4) is 11.3 Å². The van der Waals surface area contributed by atoms with Crippen LogP contribution in [0.3, 0.4) is 0 Å². The van der Waals surface area contributed by atoms with Crippen molar-refractivity contribution in [2.45, 2.75) is 6.18 Å². The van der Waals surface area contributed by atoms with E-state index < -0.39 is 17.8 Å². The molecule has 0 unspecified atom stereocenters. The minimum Gasteiger partial charge on any atom is -0.308 e. The molecule has 3 aromatic rings. The number of nitrogens with one attached hydrogen (secondary N) is 2. The third-order valence-electron chi connectivity index (χ3n) is 3.83. The van der Waals surface area contributed by atoms with E-state index in [1.54, 1.807) is 36.1 Å². The zero-order valence-corrected chi connectivity index (χ0v) is 16.7. The van der Waals surface area contributed by atoms with Crippen molar-refractivity contribution in [3.63, 3.8) is 0 Å². The van der Waals surface area contributed by atoms with Crippen molar-refractivity contribution in [1.82, 2.24) is 9.78 Å². The van der Waals surface area contributed by atoms with Gasteiger partial charge >= 0.3 is 12.2 Å². The summed E-state index contributed by atoms with van der Waals surface area (Å²) in [5.41, 5.74) is 1.31. The van der Waals surface area contributed by atoms with Crippen molar-refractivity contribution >= 4 is 44.9 Å². The van der Waals surface area contributed by atoms with Crippen LogP contribution < -0.4 is 10.6 Å². The van der Waals surface area contributed by atoms with Crippen molar-refractivity contribution in [3.05, 3.63) is 63.7 Å². The maximum Gasteiger partial charge on any atom is 0.416 e. The molecular formula is C18H13BrClF3N4O. The molecule has 2 N–H and O–H groups in total. The monoisotopic (exact) mass is 472 g/mol. The molecule has 0 fully saturated rings. The van der Waals surface area contributed by atoms with E-state index in [-0.39, 0.29) is 10.7 Å². The average Bonchev–Trinajstić information content (AvgIpc) is 2.94. The molecule has 0 saturated carbocycles. The lowest BCUT2D eigenvalue weighted by atomic mass is 10.1. The fraction of sp³-hybridized carbons (Fsp3) is 0.111. The second-order valence-corrected chi connectivity index (χ2v) is 7.08. The van der Waals surface area contributed by atoms with Crippen LogP contribution >= 0.6 is 27.5 Å². The van der Waals surface area contributed by atoms with E-state index in [2.05, 4.69) is 31.7 Å². The summed E-state index contributed by atoms with van der Waals surface area (Å²) in [7, 11) is 1.79. The molecule has 28 heavy (non-hydrogen) atoms. The van der Waals surface area contributed by atoms with Gasteiger partial charge < -0.3 is 10.6 Å². The second-order valence-electron chi connectivity index (χ2n) is 5.82. The Labute approximate surface area is 171 Å². The first-order valence-corrected chi connectivity index (χ1v) is 9.05. The van der Waals surface area contributed by atoms with Crippen LogP contribution in [-0.4, -0.2) is 15.8 Å². The highest BCUT2D eigenvalue weighted by molar-refractivity contribution is 9.10. The molecule has 0 aliphatic rings. The quantitative estimate of drug-likeness (QED) is 0.478. The van der Waals surface area contributed by atoms with Gasteiger partial charge in [-0.25, -0.2) is 4.79 Å². The molecule has 0 atom stereocenters. The number of benzene rings is 2. The van der Waals surface area contributed by atoms with Crippen LogP contribution in [0.2, 0.25) is 5.02 Å². The van der Waals surface area contributed by atoms with Crippen molar-refractivity contribution in [2.75, 3.05) is 10.6 Å². The Morgan fingerprint density at radius 2 is 1.93 bits per heavy atom. The molecule has 1 aromatic heterocycles. The number of halogens is 5. The first-order chi connectivity index (χ1) is 13.1. The van der Waals surface area contributed by atoms with Crippen molar-refractivity contribution in [1.29, 1.82) is 0 Å². The molecule has 0 spiro atoms. The number of hydrogen-bond acceptors (Lipinski definition) is 2. The van der Waals surface area contributed by atoms with Gasteiger partial charge in [-0.3, -0.25) is 4.68 Å². The molecule has 10 heteroatoms. The largest absolute Gasteiger partial charge is 0.416 e. The predicted molar refractivity (Wildman–Crippen MR) is 105 cm³/mol. The van der Waals surface area contributed by atoms with Crippen LogP contribution in [0.25, 0.3) is 11.3 Å². The predicted octanol–water partition coefficient (Wildman–Crippen LogP) is 6.17. The summed E-state index contributed by atoms with van der Waals surface area (Å²) >= 11 is 9.28. The van der Waals surface area contributed by atoms with Gasteiger partial charge in [0.1, 0.15) is 0 Å². The molecule has 0 saturated heterocycles. The van der Waals surface area contributed by atoms with E-state index in [0.29, 0.717) is 5.69 Å². The van der Waals surface area contributed by atoms with Crippen LogP contribution in [0.15, 0.2) is 53.1 Å². The Bertz CT molecular complexity index is 1020. The van der Waals surface area contributed by atoms with Gasteiger partial charge in [-0.05, 0) is 46.3 Å². The summed E-state index contributed by atoms with van der Waals surface area (Å²) in [5.74, 6) is 0. The van der Waals surface area contributed by atoms with E-state index in [0.717, 1.165) is 33.9 Å². The molecule has 2 amide bonds. The molecule has 0 aliphatic carbocycles. The lowest BCUT2D eigenvalue weighted by molar-refractivity contribution is -0.137. The fourth-order valence-electron chi connectivity index (χ4n) is 2.56. The number of carbonyl (C=O) groups excluding carboxylic acids is 1. The standard InChI is InChI=1S/C18H13BrClF3N4O/c1-27-16(13(19)9-24-27)10-3-2-4-12(7-10)25-17(28)26-15-6-5-11(8-14(15)20)18(21,22)23/h2-9H,1H3,(H2,25,26,28). The van der Waals surface area contributed by atoms with E-state index in [1.165, 1.54) is 0 Å². The Morgan fingerprint density at radius 3 is 2.54 bits per heavy atom. The number of hydrogen-bond donors (Lipinski definition) is 2. The summed E-state index contributed by atoms with van der Waals surface area (Å²) in [6.45, 7) is 0. The molecule has 0 aliphatic heterocycles. The highest BCUT2D eigenvalue weighted by Gasteiger charge is 2.31. The Kier molecular flexibility index (Phi) is 5.66. The summed E-state index contributed by atoms with van der Waals surface area (Å²) < 4.78 is 40.6. The van der Waals surface area contributed by atoms with Gasteiger partial charge in [0, 0.05) is 18.3 Å². The minimum atomic E-state index is -4.51. The number of rotatable bonds is 3. The lowest BCUT2D eigenvalue weighted by Gasteiger charge is -2.12. The highest BCUT2D eigenvalue weighted by Crippen LogP contribution is 2.34. The maximum atomic E-state index is 12.7. The Balaban J connectivity index is 1.75. The molecule has 3 rings (SSSR count). The number of nitrogens with zero attached hydrogens (tertiary/aromatic N) is 2. The molecule has 0 radical (unpaired) electrons. The van der Waals surface area contributed by atoms with Crippen molar-refractivity contribution < 1.29 is 18.0 Å². The first kappa shape index (κ1) is 20.2. The van der Waals surface area contributed by atoms with Gasteiger partial charge in [-0.2, -0.15) is 18.3 Å². The number of carbonyl (C=O) groups is 1. The summed E-state index contributed by atoms with van der Waals surface area (Å²) in [5, 5.41) is 9.00. The number of amides is 2. The molecule has 146 valence electrons. The van der Waals surface area contributed by atoms with Gasteiger partial charge in [0.2, 0.25) is 0 Å². The van der Waals surface area contributed by atoms with Gasteiger partial charge in [-0.1, -0.05) is 23.7 Å². The Morgan fingerprint density at radius 1 is 1.18 bits per heavy atom. The number of alkyl halides is 3. The SMILES string of the molecule is Cn1ncc(Br)c1-c1cccc(NC(=O)Nc2ccc(C(F)(F)F)cc2Cl)c1. The summed E-state index contributed by atoms with van der Waals surface area (Å²) in [6, 6.07) is 9.13. The van der Waals surface area contributed by atoms with Gasteiger partial charge in [-0.15, -0.1) is 0 Å². The number of anilines is 2. The topological polar surface area (TPSA) is 59.0 Å². The molecule has 2 aromatic carbocycles. The maximum absolute atomic E-state index is 12.7. The molecule has 5 nitrogen and oxygen atoms in total. The average molecular weight is 474 g/mol. The van der Waals surface area contributed by atoms with Crippen LogP contribution in [0.1, 0.15) is 5.56 Å². The zero-order valence-electron chi connectivity index (χ0n) is 14.3. The van der Waals surface area contributed by atoms with Gasteiger partial charge in [0.05, 0.1) is 32.6 Å². The number of aryl methyl sites for hydroxylation is 1. The van der Waals surface area contributed by atoms with E-state index >= 15 is 0 Å². The number of urea groups is 1. The van der Waals surface area contributed by atoms with E-state index in [4.69, 9.17) is 11.6 Å². The molecule has 0 bridgehead atoms. The Hall–Kier alpha value is -2.52. The summed E-state index contributed by atoms with van der Waals surface area (Å²) in [6.07, 6.45) is -2.85. The third kappa shape index (κ3) is 4.48. The zero-order chi connectivity index (χ0) is 20.5. The highest BCUT2D eigenvalue weighted by atomic mass is 79.9. The second kappa shape index (κ2) is 7.84. The number of aromatic nitrogens is 2. The van der Waals surface area contributed by atoms with Crippen LogP contribution in [0, 0.1) is 0 Å². The van der Waals surface area contributed by atoms with Crippen molar-refractivity contribution in [2.24, 2.45) is 7.05 Å². The van der Waals surface area contributed by atoms with Gasteiger partial charge in [0.15, 0.2) is 0 Å². The minimum absolute atomic E-state index is 0.0673. The van der Waals surface area contributed by atoms with E-state index in [1.807, 2.05) is 6.07 Å². The normalized spacial score (nSPS) is 11.4. The summed E-state index contributed by atoms with van der Waals surface area (Å²) in [4.78, 5) is 12.2. The van der Waals surface area contributed by atoms with Crippen LogP contribution in [0.4, 0.5) is 29.3 Å². The third-order valence-corrected chi connectivity index (χ3v) is 4.73.